The standard InChI is InChI=1S/C30H21NO6S/c32-27-25-19-23(31(35)36)15-16-26(25)37-29(38-24-11-2-1-3-12-24)30(27,28(33)34)17-7-6-8-20-13-14-21-9-4-5-10-22(21)18-20/h1-5,7-16,18-19,29H,17H2,(H,33,34)/t6?,29-,30+/m1/s1. The smallest absolute Gasteiger partial charge is 0.322 e. The van der Waals surface area contributed by atoms with Crippen LogP contribution in [0.5, 0.6) is 5.75 Å². The highest BCUT2D eigenvalue weighted by Crippen LogP contribution is 2.48. The van der Waals surface area contributed by atoms with Crippen LogP contribution in [0.1, 0.15) is 22.3 Å². The quantitative estimate of drug-likeness (QED) is 0.123. The van der Waals surface area contributed by atoms with Gasteiger partial charge in [-0.2, -0.15) is 0 Å². The van der Waals surface area contributed by atoms with Gasteiger partial charge in [0.1, 0.15) is 5.75 Å². The molecule has 38 heavy (non-hydrogen) atoms. The first kappa shape index (κ1) is 25.0. The Bertz CT molecular complexity index is 1630. The molecule has 0 saturated carbocycles. The van der Waals surface area contributed by atoms with Gasteiger partial charge in [-0.25, -0.2) is 0 Å². The lowest BCUT2D eigenvalue weighted by atomic mass is 9.76. The van der Waals surface area contributed by atoms with Crippen LogP contribution in [0.3, 0.4) is 0 Å². The third kappa shape index (κ3) is 4.70. The summed E-state index contributed by atoms with van der Waals surface area (Å²) in [6.45, 7) is 0. The van der Waals surface area contributed by atoms with Crippen LogP contribution in [-0.4, -0.2) is 27.2 Å². The van der Waals surface area contributed by atoms with Gasteiger partial charge in [0.05, 0.1) is 10.5 Å². The number of carboxylic acids is 1. The first-order valence-electron chi connectivity index (χ1n) is 11.7. The number of rotatable bonds is 7. The Balaban J connectivity index is 1.54. The molecule has 0 amide bonds. The summed E-state index contributed by atoms with van der Waals surface area (Å²) in [6, 6.07) is 26.5. The fourth-order valence-electron chi connectivity index (χ4n) is 4.37. The van der Waals surface area contributed by atoms with Gasteiger partial charge in [-0.05, 0) is 52.8 Å². The number of ketones is 1. The van der Waals surface area contributed by atoms with Crippen molar-refractivity contribution < 1.29 is 24.4 Å². The molecule has 1 N–H and O–H groups in total. The lowest BCUT2D eigenvalue weighted by Gasteiger charge is -2.38. The van der Waals surface area contributed by atoms with E-state index in [9.17, 15) is 24.8 Å². The van der Waals surface area contributed by atoms with Crippen molar-refractivity contribution in [1.82, 2.24) is 0 Å². The number of allylic oxidation sites excluding steroid dienone is 1. The van der Waals surface area contributed by atoms with E-state index in [0.717, 1.165) is 39.1 Å². The zero-order valence-electron chi connectivity index (χ0n) is 19.9. The van der Waals surface area contributed by atoms with Gasteiger partial charge in [-0.15, -0.1) is 5.73 Å². The largest absolute Gasteiger partial charge is 0.480 e. The first-order valence-corrected chi connectivity index (χ1v) is 12.6. The zero-order chi connectivity index (χ0) is 26.7. The second-order valence-corrected chi connectivity index (χ2v) is 9.88. The molecule has 0 spiro atoms. The molecule has 4 aromatic carbocycles. The van der Waals surface area contributed by atoms with E-state index in [1.54, 1.807) is 30.3 Å². The number of hydrogen-bond acceptors (Lipinski definition) is 6. The lowest BCUT2D eigenvalue weighted by molar-refractivity contribution is -0.384. The first-order chi connectivity index (χ1) is 18.4. The van der Waals surface area contributed by atoms with Crippen molar-refractivity contribution >= 4 is 46.1 Å². The number of ether oxygens (including phenoxy) is 1. The Morgan fingerprint density at radius 2 is 1.76 bits per heavy atom. The number of aliphatic carboxylic acids is 1. The molecule has 1 aliphatic heterocycles. The van der Waals surface area contributed by atoms with Crippen LogP contribution in [0.4, 0.5) is 5.69 Å². The number of carbonyl (C=O) groups is 2. The zero-order valence-corrected chi connectivity index (χ0v) is 20.8. The molecule has 0 aromatic heterocycles. The highest BCUT2D eigenvalue weighted by atomic mass is 32.2. The molecule has 1 aliphatic rings. The van der Waals surface area contributed by atoms with Gasteiger partial charge in [-0.3, -0.25) is 19.7 Å². The molecule has 0 radical (unpaired) electrons. The van der Waals surface area contributed by atoms with E-state index in [-0.39, 0.29) is 23.4 Å². The summed E-state index contributed by atoms with van der Waals surface area (Å²) in [5.41, 5.74) is 0.278. The van der Waals surface area contributed by atoms with Gasteiger partial charge >= 0.3 is 5.97 Å². The van der Waals surface area contributed by atoms with Gasteiger partial charge in [0.2, 0.25) is 0 Å². The molecule has 2 atom stereocenters. The maximum Gasteiger partial charge on any atom is 0.322 e. The van der Waals surface area contributed by atoms with Crippen molar-refractivity contribution in [1.29, 1.82) is 0 Å². The summed E-state index contributed by atoms with van der Waals surface area (Å²) in [7, 11) is 0. The predicted octanol–water partition coefficient (Wildman–Crippen LogP) is 6.77. The highest BCUT2D eigenvalue weighted by molar-refractivity contribution is 8.00. The van der Waals surface area contributed by atoms with Crippen molar-refractivity contribution in [3.05, 3.63) is 124 Å². The van der Waals surface area contributed by atoms with Crippen molar-refractivity contribution in [3.63, 3.8) is 0 Å². The minimum Gasteiger partial charge on any atom is -0.480 e. The molecule has 5 rings (SSSR count). The van der Waals surface area contributed by atoms with Gasteiger partial charge in [0.15, 0.2) is 16.6 Å². The molecule has 7 nitrogen and oxygen atoms in total. The van der Waals surface area contributed by atoms with Crippen molar-refractivity contribution in [3.8, 4) is 5.75 Å². The van der Waals surface area contributed by atoms with Crippen molar-refractivity contribution in [2.24, 2.45) is 5.41 Å². The average molecular weight is 524 g/mol. The highest BCUT2D eigenvalue weighted by Gasteiger charge is 2.57. The van der Waals surface area contributed by atoms with E-state index in [1.807, 2.05) is 48.5 Å². The minimum atomic E-state index is -2.03. The molecule has 188 valence electrons. The maximum absolute atomic E-state index is 13.8. The summed E-state index contributed by atoms with van der Waals surface area (Å²) < 4.78 is 6.06. The Morgan fingerprint density at radius 1 is 1.03 bits per heavy atom. The van der Waals surface area contributed by atoms with E-state index >= 15 is 0 Å². The van der Waals surface area contributed by atoms with Crippen LogP contribution in [0.15, 0.2) is 108 Å². The number of thioether (sulfide) groups is 1. The molecule has 0 bridgehead atoms. The fraction of sp³-hybridized carbons (Fsp3) is 0.100. The number of non-ortho nitro benzene ring substituents is 1. The van der Waals surface area contributed by atoms with Gasteiger partial charge in [0.25, 0.3) is 5.69 Å². The molecule has 1 heterocycles. The summed E-state index contributed by atoms with van der Waals surface area (Å²) in [6.07, 6.45) is 3.00. The van der Waals surface area contributed by atoms with Crippen molar-refractivity contribution in [2.75, 3.05) is 0 Å². The summed E-state index contributed by atoms with van der Waals surface area (Å²) in [5.74, 6) is -2.01. The minimum absolute atomic E-state index is 0.113. The van der Waals surface area contributed by atoms with Crippen molar-refractivity contribution in [2.45, 2.75) is 16.8 Å². The van der Waals surface area contributed by atoms with Crippen LogP contribution in [0.25, 0.3) is 16.8 Å². The second-order valence-electron chi connectivity index (χ2n) is 8.75. The molecule has 8 heteroatoms. The number of benzene rings is 4. The molecule has 0 saturated heterocycles. The molecule has 0 fully saturated rings. The number of Topliss-reactive ketones (excluding diaryl/α,β-unsaturated/α-hetero) is 1. The molecule has 0 unspecified atom stereocenters. The SMILES string of the molecule is O=C(O)[C@]1(CC=C=Cc2ccc3ccccc3c2)C(=O)c2cc([N+](=O)[O-])ccc2O[C@@H]1Sc1ccccc1. The fourth-order valence-corrected chi connectivity index (χ4v) is 5.59. The molecule has 0 aliphatic carbocycles. The summed E-state index contributed by atoms with van der Waals surface area (Å²) in [5, 5.41) is 23.9. The Kier molecular flexibility index (Phi) is 6.83. The number of carboxylic acid groups (broad SMARTS) is 1. The number of carbonyl (C=O) groups excluding carboxylic acids is 1. The third-order valence-electron chi connectivity index (χ3n) is 6.39. The van der Waals surface area contributed by atoms with Crippen LogP contribution in [-0.2, 0) is 4.79 Å². The number of nitro groups is 1. The van der Waals surface area contributed by atoms with Gasteiger partial charge < -0.3 is 9.84 Å². The molecule has 4 aromatic rings. The molecular formula is C30H21NO6S. The van der Waals surface area contributed by atoms with Crippen LogP contribution < -0.4 is 4.74 Å². The monoisotopic (exact) mass is 523 g/mol. The van der Waals surface area contributed by atoms with Crippen LogP contribution >= 0.6 is 11.8 Å². The number of nitro benzene ring substituents is 1. The van der Waals surface area contributed by atoms with Crippen LogP contribution in [0, 0.1) is 15.5 Å². The van der Waals surface area contributed by atoms with E-state index in [2.05, 4.69) is 5.73 Å². The Hall–Kier alpha value is -4.65. The van der Waals surface area contributed by atoms with E-state index in [0.29, 0.717) is 0 Å². The Labute approximate surface area is 222 Å². The lowest BCUT2D eigenvalue weighted by Crippen LogP contribution is -2.52. The maximum atomic E-state index is 13.8. The summed E-state index contributed by atoms with van der Waals surface area (Å²) >= 11 is 1.12. The number of hydrogen-bond donors (Lipinski definition) is 1. The Morgan fingerprint density at radius 3 is 2.50 bits per heavy atom. The number of nitrogens with zero attached hydrogens (tertiary/aromatic N) is 1. The normalized spacial score (nSPS) is 18.1. The third-order valence-corrected chi connectivity index (χ3v) is 7.65. The van der Waals surface area contributed by atoms with Gasteiger partial charge in [-0.1, -0.05) is 66.4 Å². The number of fused-ring (bicyclic) bond motifs is 2. The van der Waals surface area contributed by atoms with E-state index in [4.69, 9.17) is 4.74 Å². The molecular weight excluding hydrogens is 502 g/mol. The van der Waals surface area contributed by atoms with Crippen LogP contribution in [0.2, 0.25) is 0 Å². The summed E-state index contributed by atoms with van der Waals surface area (Å²) in [4.78, 5) is 38.1. The van der Waals surface area contributed by atoms with Gasteiger partial charge in [0, 0.05) is 23.4 Å². The topological polar surface area (TPSA) is 107 Å². The predicted molar refractivity (Wildman–Crippen MR) is 145 cm³/mol. The average Bonchev–Trinajstić information content (AvgIpc) is 2.92. The van der Waals surface area contributed by atoms with E-state index < -0.39 is 27.5 Å². The van der Waals surface area contributed by atoms with E-state index in [1.165, 1.54) is 18.2 Å². The second kappa shape index (κ2) is 10.4.